The van der Waals surface area contributed by atoms with E-state index in [9.17, 15) is 0 Å². The van der Waals surface area contributed by atoms with Gasteiger partial charge in [-0.3, -0.25) is 0 Å². The molecule has 1 aliphatic rings. The molecular weight excluding hydrogens is 492 g/mol. The Bertz CT molecular complexity index is 2270. The number of para-hydroxylation sites is 3. The maximum absolute atomic E-state index is 6.61. The van der Waals surface area contributed by atoms with Crippen molar-refractivity contribution in [2.75, 3.05) is 0 Å². The van der Waals surface area contributed by atoms with Crippen molar-refractivity contribution in [3.63, 3.8) is 0 Å². The molecule has 1 N–H and O–H groups in total. The van der Waals surface area contributed by atoms with Gasteiger partial charge in [0.1, 0.15) is 5.52 Å². The number of aromatic nitrogens is 2. The Morgan fingerprint density at radius 1 is 0.525 bits per heavy atom. The van der Waals surface area contributed by atoms with Crippen LogP contribution in [-0.4, -0.2) is 9.55 Å². The number of fused-ring (bicyclic) bond motifs is 10. The fourth-order valence-corrected chi connectivity index (χ4v) is 6.21. The molecule has 0 aliphatic carbocycles. The standard InChI is InChI=1S/C36H22N2O2/c1-2-9-22(10-3-1)23-11-8-12-24(21-23)38-29-19-17-26-25-13-4-5-14-28(25)37-34(26)33(29)27-18-20-32-36(35(27)38)40-31-16-7-6-15-30(31)39-32/h1-21,37H. The van der Waals surface area contributed by atoms with E-state index < -0.39 is 0 Å². The molecular formula is C36H22N2O2. The van der Waals surface area contributed by atoms with Crippen LogP contribution in [-0.2, 0) is 0 Å². The average molecular weight is 515 g/mol. The predicted octanol–water partition coefficient (Wildman–Crippen LogP) is 9.98. The zero-order valence-electron chi connectivity index (χ0n) is 21.4. The monoisotopic (exact) mass is 514 g/mol. The second-order valence-corrected chi connectivity index (χ2v) is 10.2. The minimum atomic E-state index is 0.711. The number of ether oxygens (including phenoxy) is 2. The van der Waals surface area contributed by atoms with Gasteiger partial charge in [0.15, 0.2) is 23.0 Å². The fourth-order valence-electron chi connectivity index (χ4n) is 6.21. The largest absolute Gasteiger partial charge is 0.449 e. The van der Waals surface area contributed by atoms with Gasteiger partial charge in [0.05, 0.1) is 11.0 Å². The molecule has 0 bridgehead atoms. The quantitative estimate of drug-likeness (QED) is 0.249. The Hall–Kier alpha value is -5.48. The van der Waals surface area contributed by atoms with Gasteiger partial charge in [0.2, 0.25) is 0 Å². The summed E-state index contributed by atoms with van der Waals surface area (Å²) in [6.07, 6.45) is 0. The Morgan fingerprint density at radius 2 is 1.27 bits per heavy atom. The van der Waals surface area contributed by atoms with Crippen molar-refractivity contribution < 1.29 is 9.47 Å². The lowest BCUT2D eigenvalue weighted by Crippen LogP contribution is -2.02. The molecule has 9 rings (SSSR count). The first-order valence-corrected chi connectivity index (χ1v) is 13.4. The molecule has 40 heavy (non-hydrogen) atoms. The number of nitrogens with one attached hydrogen (secondary N) is 1. The molecule has 0 spiro atoms. The van der Waals surface area contributed by atoms with Gasteiger partial charge in [-0.05, 0) is 59.7 Å². The molecule has 0 amide bonds. The van der Waals surface area contributed by atoms with Crippen LogP contribution in [0.5, 0.6) is 23.0 Å². The molecule has 0 radical (unpaired) electrons. The molecule has 6 aromatic carbocycles. The molecule has 8 aromatic rings. The summed E-state index contributed by atoms with van der Waals surface area (Å²) in [5, 5.41) is 4.70. The number of nitrogens with zero attached hydrogens (tertiary/aromatic N) is 1. The summed E-state index contributed by atoms with van der Waals surface area (Å²) in [5.41, 5.74) is 7.74. The Balaban J connectivity index is 1.42. The van der Waals surface area contributed by atoms with Gasteiger partial charge in [-0.2, -0.15) is 0 Å². The highest BCUT2D eigenvalue weighted by Crippen LogP contribution is 2.51. The summed E-state index contributed by atoms with van der Waals surface area (Å²) in [7, 11) is 0. The van der Waals surface area contributed by atoms with E-state index in [0.717, 1.165) is 50.2 Å². The van der Waals surface area contributed by atoms with Crippen LogP contribution in [0.4, 0.5) is 0 Å². The molecule has 4 heteroatoms. The Morgan fingerprint density at radius 3 is 2.17 bits per heavy atom. The highest BCUT2D eigenvalue weighted by atomic mass is 16.6. The van der Waals surface area contributed by atoms with Crippen molar-refractivity contribution in [2.24, 2.45) is 0 Å². The lowest BCUT2D eigenvalue weighted by molar-refractivity contribution is 0.362. The summed E-state index contributed by atoms with van der Waals surface area (Å²) in [6.45, 7) is 0. The van der Waals surface area contributed by atoms with Gasteiger partial charge in [0.25, 0.3) is 0 Å². The van der Waals surface area contributed by atoms with E-state index >= 15 is 0 Å². The third-order valence-corrected chi connectivity index (χ3v) is 7.98. The van der Waals surface area contributed by atoms with Crippen LogP contribution < -0.4 is 9.47 Å². The zero-order chi connectivity index (χ0) is 26.2. The van der Waals surface area contributed by atoms with Crippen LogP contribution in [0, 0.1) is 0 Å². The highest BCUT2D eigenvalue weighted by Gasteiger charge is 2.27. The molecule has 0 fully saturated rings. The molecule has 188 valence electrons. The second-order valence-electron chi connectivity index (χ2n) is 10.2. The van der Waals surface area contributed by atoms with Crippen molar-refractivity contribution in [1.29, 1.82) is 0 Å². The SMILES string of the molecule is c1ccc(-c2cccc(-n3c4ccc5c6ccccc6[nH]c5c4c4ccc5c(c43)Oc3ccccc3O5)c2)cc1. The third-order valence-electron chi connectivity index (χ3n) is 7.98. The smallest absolute Gasteiger partial charge is 0.194 e. The van der Waals surface area contributed by atoms with E-state index in [2.05, 4.69) is 101 Å². The Kier molecular flexibility index (Phi) is 4.30. The lowest BCUT2D eigenvalue weighted by atomic mass is 10.1. The first-order valence-electron chi connectivity index (χ1n) is 13.4. The molecule has 2 aromatic heterocycles. The van der Waals surface area contributed by atoms with Crippen molar-refractivity contribution in [1.82, 2.24) is 9.55 Å². The van der Waals surface area contributed by atoms with Crippen LogP contribution in [0.15, 0.2) is 127 Å². The van der Waals surface area contributed by atoms with Gasteiger partial charge < -0.3 is 19.0 Å². The first kappa shape index (κ1) is 21.5. The van der Waals surface area contributed by atoms with Gasteiger partial charge in [0, 0.05) is 32.7 Å². The summed E-state index contributed by atoms with van der Waals surface area (Å²) in [5.74, 6) is 2.87. The second kappa shape index (κ2) is 8.01. The minimum Gasteiger partial charge on any atom is -0.449 e. The van der Waals surface area contributed by atoms with Gasteiger partial charge in [-0.1, -0.05) is 78.9 Å². The molecule has 0 atom stereocenters. The normalized spacial score (nSPS) is 12.4. The highest BCUT2D eigenvalue weighted by molar-refractivity contribution is 6.26. The predicted molar refractivity (Wildman–Crippen MR) is 162 cm³/mol. The van der Waals surface area contributed by atoms with Crippen LogP contribution in [0.25, 0.3) is 60.4 Å². The maximum atomic E-state index is 6.61. The maximum Gasteiger partial charge on any atom is 0.194 e. The topological polar surface area (TPSA) is 39.2 Å². The number of H-pyrrole nitrogens is 1. The fraction of sp³-hybridized carbons (Fsp3) is 0. The van der Waals surface area contributed by atoms with Gasteiger partial charge in [-0.25, -0.2) is 0 Å². The average Bonchev–Trinajstić information content (AvgIpc) is 3.56. The summed E-state index contributed by atoms with van der Waals surface area (Å²) >= 11 is 0. The van der Waals surface area contributed by atoms with Crippen molar-refractivity contribution >= 4 is 43.6 Å². The molecule has 4 nitrogen and oxygen atoms in total. The summed E-state index contributed by atoms with van der Waals surface area (Å²) in [4.78, 5) is 3.73. The van der Waals surface area contributed by atoms with E-state index in [1.807, 2.05) is 36.4 Å². The van der Waals surface area contributed by atoms with Crippen LogP contribution in [0.1, 0.15) is 0 Å². The van der Waals surface area contributed by atoms with E-state index in [4.69, 9.17) is 9.47 Å². The number of hydrogen-bond acceptors (Lipinski definition) is 2. The molecule has 0 saturated heterocycles. The number of benzene rings is 6. The Labute approximate surface area is 229 Å². The lowest BCUT2D eigenvalue weighted by Gasteiger charge is -2.22. The summed E-state index contributed by atoms with van der Waals surface area (Å²) < 4.78 is 15.3. The van der Waals surface area contributed by atoms with E-state index in [1.54, 1.807) is 0 Å². The van der Waals surface area contributed by atoms with Crippen LogP contribution >= 0.6 is 0 Å². The third kappa shape index (κ3) is 2.96. The van der Waals surface area contributed by atoms with Crippen LogP contribution in [0.2, 0.25) is 0 Å². The van der Waals surface area contributed by atoms with Gasteiger partial charge in [-0.15, -0.1) is 0 Å². The van der Waals surface area contributed by atoms with Crippen molar-refractivity contribution in [3.05, 3.63) is 127 Å². The number of rotatable bonds is 2. The van der Waals surface area contributed by atoms with E-state index in [-0.39, 0.29) is 0 Å². The van der Waals surface area contributed by atoms with Crippen molar-refractivity contribution in [3.8, 4) is 39.8 Å². The van der Waals surface area contributed by atoms with Gasteiger partial charge >= 0.3 is 0 Å². The van der Waals surface area contributed by atoms with Crippen molar-refractivity contribution in [2.45, 2.75) is 0 Å². The molecule has 3 heterocycles. The molecule has 0 unspecified atom stereocenters. The zero-order valence-corrected chi connectivity index (χ0v) is 21.4. The summed E-state index contributed by atoms with van der Waals surface area (Å²) in [6, 6.07) is 44.2. The number of hydrogen-bond donors (Lipinski definition) is 1. The number of aromatic amines is 1. The molecule has 0 saturated carbocycles. The van der Waals surface area contributed by atoms with E-state index in [1.165, 1.54) is 21.7 Å². The molecule has 1 aliphatic heterocycles. The van der Waals surface area contributed by atoms with E-state index in [0.29, 0.717) is 11.5 Å². The van der Waals surface area contributed by atoms with Crippen LogP contribution in [0.3, 0.4) is 0 Å². The first-order chi connectivity index (χ1) is 19.8. The minimum absolute atomic E-state index is 0.711.